The van der Waals surface area contributed by atoms with E-state index < -0.39 is 35.8 Å². The number of piperazine rings is 1. The highest BCUT2D eigenvalue weighted by Crippen LogP contribution is 2.35. The number of carbonyl (C=O) groups is 1. The minimum Gasteiger partial charge on any atom is -0.444 e. The lowest BCUT2D eigenvalue weighted by Crippen LogP contribution is -2.66. The molecule has 5 nitrogen and oxygen atoms in total. The van der Waals surface area contributed by atoms with Crippen molar-refractivity contribution in [2.45, 2.75) is 76.3 Å². The predicted molar refractivity (Wildman–Crippen MR) is 73.3 cm³/mol. The number of halogens is 2. The van der Waals surface area contributed by atoms with Crippen LogP contribution >= 0.6 is 0 Å². The van der Waals surface area contributed by atoms with Crippen LogP contribution in [0.3, 0.4) is 0 Å². The van der Waals surface area contributed by atoms with Crippen molar-refractivity contribution in [2.75, 3.05) is 6.54 Å². The second-order valence-electron chi connectivity index (χ2n) is 7.02. The second-order valence-corrected chi connectivity index (χ2v) is 7.02. The van der Waals surface area contributed by atoms with E-state index in [9.17, 15) is 18.7 Å². The molecule has 0 aliphatic carbocycles. The third kappa shape index (κ3) is 3.45. The lowest BCUT2D eigenvalue weighted by Gasteiger charge is -2.43. The molecular weight excluding hydrogens is 282 g/mol. The van der Waals surface area contributed by atoms with E-state index in [1.807, 2.05) is 0 Å². The molecule has 1 amide bonds. The van der Waals surface area contributed by atoms with Crippen molar-refractivity contribution in [1.29, 1.82) is 0 Å². The van der Waals surface area contributed by atoms with E-state index in [0.717, 1.165) is 6.42 Å². The minimum atomic E-state index is -3.22. The molecule has 2 bridgehead atoms. The zero-order valence-corrected chi connectivity index (χ0v) is 12.9. The molecule has 1 unspecified atom stereocenters. The Hall–Kier alpha value is -0.950. The number of carbonyl (C=O) groups excluding carboxylic acids is 1. The van der Waals surface area contributed by atoms with Crippen LogP contribution in [-0.4, -0.2) is 58.4 Å². The fourth-order valence-electron chi connectivity index (χ4n) is 3.11. The number of amides is 1. The van der Waals surface area contributed by atoms with Crippen LogP contribution in [0.5, 0.6) is 0 Å². The van der Waals surface area contributed by atoms with Crippen molar-refractivity contribution < 1.29 is 23.4 Å². The molecule has 2 aliphatic rings. The Kier molecular flexibility index (Phi) is 4.19. The van der Waals surface area contributed by atoms with Crippen LogP contribution < -0.4 is 5.32 Å². The average molecular weight is 306 g/mol. The molecule has 2 N–H and O–H groups in total. The van der Waals surface area contributed by atoms with Gasteiger partial charge in [-0.2, -0.15) is 0 Å². The van der Waals surface area contributed by atoms with Crippen molar-refractivity contribution in [3.63, 3.8) is 0 Å². The summed E-state index contributed by atoms with van der Waals surface area (Å²) in [6.07, 6.45) is -0.996. The van der Waals surface area contributed by atoms with Gasteiger partial charge in [0.15, 0.2) is 0 Å². The predicted octanol–water partition coefficient (Wildman–Crippen LogP) is 1.74. The van der Waals surface area contributed by atoms with Crippen molar-refractivity contribution in [3.8, 4) is 0 Å². The normalized spacial score (nSPS) is 31.2. The summed E-state index contributed by atoms with van der Waals surface area (Å²) in [5.74, 6) is -3.22. The van der Waals surface area contributed by atoms with E-state index in [2.05, 4.69) is 5.32 Å². The van der Waals surface area contributed by atoms with Crippen LogP contribution in [0, 0.1) is 0 Å². The fourth-order valence-corrected chi connectivity index (χ4v) is 3.11. The lowest BCUT2D eigenvalue weighted by molar-refractivity contribution is -0.122. The summed E-state index contributed by atoms with van der Waals surface area (Å²) in [4.78, 5) is 13.8. The van der Waals surface area contributed by atoms with E-state index in [1.54, 1.807) is 20.8 Å². The first-order valence-corrected chi connectivity index (χ1v) is 7.31. The highest BCUT2D eigenvalue weighted by atomic mass is 19.3. The summed E-state index contributed by atoms with van der Waals surface area (Å²) in [6.45, 7) is 6.39. The Morgan fingerprint density at radius 2 is 1.95 bits per heavy atom. The van der Waals surface area contributed by atoms with Gasteiger partial charge in [0, 0.05) is 19.5 Å². The molecule has 0 saturated carbocycles. The van der Waals surface area contributed by atoms with Gasteiger partial charge in [-0.25, -0.2) is 13.6 Å². The van der Waals surface area contributed by atoms with E-state index in [-0.39, 0.29) is 6.04 Å². The Bertz CT molecular complexity index is 406. The molecule has 122 valence electrons. The smallest absolute Gasteiger partial charge is 0.410 e. The van der Waals surface area contributed by atoms with E-state index in [1.165, 1.54) is 4.90 Å². The fraction of sp³-hybridized carbons (Fsp3) is 0.929. The van der Waals surface area contributed by atoms with Crippen molar-refractivity contribution in [1.82, 2.24) is 10.2 Å². The zero-order chi connectivity index (χ0) is 16.0. The third-order valence-corrected chi connectivity index (χ3v) is 4.01. The molecule has 0 radical (unpaired) electrons. The van der Waals surface area contributed by atoms with Crippen LogP contribution in [-0.2, 0) is 4.74 Å². The van der Waals surface area contributed by atoms with Gasteiger partial charge in [-0.05, 0) is 33.6 Å². The van der Waals surface area contributed by atoms with Gasteiger partial charge in [-0.1, -0.05) is 0 Å². The highest BCUT2D eigenvalue weighted by molar-refractivity contribution is 5.70. The minimum absolute atomic E-state index is 0.0567. The first kappa shape index (κ1) is 16.4. The molecule has 2 rings (SSSR count). The maximum absolute atomic E-state index is 13.4. The number of nitrogens with zero attached hydrogens (tertiary/aromatic N) is 1. The Morgan fingerprint density at radius 1 is 1.33 bits per heavy atom. The Labute approximate surface area is 123 Å². The lowest BCUT2D eigenvalue weighted by atomic mass is 9.96. The van der Waals surface area contributed by atoms with Gasteiger partial charge in [0.25, 0.3) is 5.92 Å². The molecule has 2 saturated heterocycles. The molecule has 0 aromatic carbocycles. The SMILES string of the molecule is CC(C)(C)OC(=O)N1[C@@H]2CC[C@H]1[C@@H](C(O)C(C)(F)F)NC2. The number of hydrogen-bond donors (Lipinski definition) is 2. The number of nitrogens with one attached hydrogen (secondary N) is 1. The number of aliphatic hydroxyl groups is 1. The molecule has 2 heterocycles. The molecule has 2 aliphatic heterocycles. The largest absolute Gasteiger partial charge is 0.444 e. The number of aliphatic hydroxyl groups excluding tert-OH is 1. The van der Waals surface area contributed by atoms with Crippen LogP contribution in [0.2, 0.25) is 0 Å². The van der Waals surface area contributed by atoms with Gasteiger partial charge in [0.2, 0.25) is 0 Å². The zero-order valence-electron chi connectivity index (χ0n) is 12.9. The van der Waals surface area contributed by atoms with Gasteiger partial charge in [0.05, 0.1) is 12.1 Å². The molecule has 0 aromatic rings. The van der Waals surface area contributed by atoms with E-state index in [0.29, 0.717) is 19.9 Å². The average Bonchev–Trinajstić information content (AvgIpc) is 2.60. The summed E-state index contributed by atoms with van der Waals surface area (Å²) >= 11 is 0. The standard InChI is InChI=1S/C14H24F2N2O3/c1-13(2,3)21-12(20)18-8-5-6-9(18)10(17-7-8)11(19)14(4,15)16/h8-11,17,19H,5-7H2,1-4H3/t8-,9+,10+,11?/m1/s1. The molecule has 4 atom stereocenters. The molecule has 7 heteroatoms. The Balaban J connectivity index is 2.15. The number of fused-ring (bicyclic) bond motifs is 2. The first-order valence-electron chi connectivity index (χ1n) is 7.31. The highest BCUT2D eigenvalue weighted by Gasteiger charge is 2.52. The number of rotatable bonds is 2. The molecule has 21 heavy (non-hydrogen) atoms. The van der Waals surface area contributed by atoms with Crippen molar-refractivity contribution >= 4 is 6.09 Å². The monoisotopic (exact) mass is 306 g/mol. The quantitative estimate of drug-likeness (QED) is 0.816. The summed E-state index contributed by atoms with van der Waals surface area (Å²) < 4.78 is 32.2. The van der Waals surface area contributed by atoms with E-state index >= 15 is 0 Å². The molecule has 0 aromatic heterocycles. The van der Waals surface area contributed by atoms with Crippen LogP contribution in [0.1, 0.15) is 40.5 Å². The molecular formula is C14H24F2N2O3. The van der Waals surface area contributed by atoms with Crippen LogP contribution in [0.4, 0.5) is 13.6 Å². The maximum atomic E-state index is 13.4. The number of hydrogen-bond acceptors (Lipinski definition) is 4. The summed E-state index contributed by atoms with van der Waals surface area (Å²) in [5, 5.41) is 12.8. The Morgan fingerprint density at radius 3 is 2.48 bits per heavy atom. The summed E-state index contributed by atoms with van der Waals surface area (Å²) in [5.41, 5.74) is -0.635. The first-order chi connectivity index (χ1) is 9.50. The van der Waals surface area contributed by atoms with Gasteiger partial charge in [0.1, 0.15) is 11.7 Å². The van der Waals surface area contributed by atoms with Crippen LogP contribution in [0.15, 0.2) is 0 Å². The van der Waals surface area contributed by atoms with Gasteiger partial charge >= 0.3 is 6.09 Å². The molecule has 2 fully saturated rings. The summed E-state index contributed by atoms with van der Waals surface area (Å²) in [6, 6.07) is -1.35. The van der Waals surface area contributed by atoms with Gasteiger partial charge in [-0.3, -0.25) is 4.90 Å². The van der Waals surface area contributed by atoms with E-state index in [4.69, 9.17) is 4.74 Å². The molecule has 0 spiro atoms. The number of ether oxygens (including phenoxy) is 1. The van der Waals surface area contributed by atoms with Gasteiger partial charge in [-0.15, -0.1) is 0 Å². The second kappa shape index (κ2) is 5.35. The maximum Gasteiger partial charge on any atom is 0.410 e. The third-order valence-electron chi connectivity index (χ3n) is 4.01. The summed E-state index contributed by atoms with van der Waals surface area (Å²) in [7, 11) is 0. The van der Waals surface area contributed by atoms with Gasteiger partial charge < -0.3 is 15.2 Å². The van der Waals surface area contributed by atoms with Crippen molar-refractivity contribution in [3.05, 3.63) is 0 Å². The van der Waals surface area contributed by atoms with Crippen LogP contribution in [0.25, 0.3) is 0 Å². The number of alkyl halides is 2. The topological polar surface area (TPSA) is 61.8 Å². The van der Waals surface area contributed by atoms with Crippen molar-refractivity contribution in [2.24, 2.45) is 0 Å².